The molecule has 0 aliphatic rings. The van der Waals surface area contributed by atoms with Crippen LogP contribution in [0.15, 0.2) is 59.0 Å². The Labute approximate surface area is 199 Å². The normalized spacial score (nSPS) is 10.9. The number of ether oxygens (including phenoxy) is 1. The van der Waals surface area contributed by atoms with E-state index in [1.807, 2.05) is 6.92 Å². The van der Waals surface area contributed by atoms with Gasteiger partial charge in [-0.05, 0) is 55.8 Å². The van der Waals surface area contributed by atoms with Gasteiger partial charge in [0.05, 0.1) is 28.6 Å². The minimum atomic E-state index is -0.408. The topological polar surface area (TPSA) is 69.3 Å². The highest BCUT2D eigenvalue weighted by molar-refractivity contribution is 6.42. The molecule has 0 aliphatic heterocycles. The van der Waals surface area contributed by atoms with Crippen LogP contribution in [0.5, 0.6) is 5.75 Å². The van der Waals surface area contributed by atoms with Crippen LogP contribution in [-0.2, 0) is 13.2 Å². The van der Waals surface area contributed by atoms with Crippen molar-refractivity contribution in [2.45, 2.75) is 27.0 Å². The van der Waals surface area contributed by atoms with Crippen LogP contribution in [0, 0.1) is 19.7 Å². The number of nitrogens with zero attached hydrogens (tertiary/aromatic N) is 2. The quantitative estimate of drug-likeness (QED) is 0.326. The van der Waals surface area contributed by atoms with Crippen molar-refractivity contribution >= 4 is 34.8 Å². The fourth-order valence-corrected chi connectivity index (χ4v) is 3.64. The lowest BCUT2D eigenvalue weighted by molar-refractivity contribution is 0.0992. The first-order valence-corrected chi connectivity index (χ1v) is 10.8. The van der Waals surface area contributed by atoms with Crippen LogP contribution < -0.4 is 10.1 Å². The molecule has 9 heteroatoms. The highest BCUT2D eigenvalue weighted by Crippen LogP contribution is 2.32. The lowest BCUT2D eigenvalue weighted by Gasteiger charge is -2.07. The van der Waals surface area contributed by atoms with Gasteiger partial charge < -0.3 is 14.5 Å². The molecule has 0 aliphatic carbocycles. The van der Waals surface area contributed by atoms with E-state index in [0.717, 1.165) is 11.3 Å². The third-order valence-electron chi connectivity index (χ3n) is 5.04. The Morgan fingerprint density at radius 1 is 1.12 bits per heavy atom. The summed E-state index contributed by atoms with van der Waals surface area (Å²) in [5.74, 6) is 0.312. The second-order valence-corrected chi connectivity index (χ2v) is 8.18. The average Bonchev–Trinajstić information content (AvgIpc) is 3.37. The molecule has 4 rings (SSSR count). The average molecular weight is 488 g/mol. The zero-order valence-electron chi connectivity index (χ0n) is 17.9. The fraction of sp³-hybridized carbons (Fsp3) is 0.167. The first kappa shape index (κ1) is 22.9. The Balaban J connectivity index is 1.42. The van der Waals surface area contributed by atoms with E-state index in [1.54, 1.807) is 54.1 Å². The molecule has 1 N–H and O–H groups in total. The number of carbonyl (C=O) groups is 1. The molecule has 4 aromatic rings. The summed E-state index contributed by atoms with van der Waals surface area (Å²) in [7, 11) is 0. The lowest BCUT2D eigenvalue weighted by atomic mass is 10.2. The van der Waals surface area contributed by atoms with E-state index in [9.17, 15) is 9.18 Å². The molecule has 2 aromatic heterocycles. The highest BCUT2D eigenvalue weighted by atomic mass is 35.5. The number of aromatic nitrogens is 2. The van der Waals surface area contributed by atoms with E-state index in [4.69, 9.17) is 32.4 Å². The summed E-state index contributed by atoms with van der Waals surface area (Å²) in [4.78, 5) is 12.7. The molecule has 1 amide bonds. The van der Waals surface area contributed by atoms with Gasteiger partial charge in [0.2, 0.25) is 0 Å². The number of benzene rings is 2. The molecule has 0 unspecified atom stereocenters. The molecule has 0 atom stereocenters. The molecule has 0 spiro atoms. The number of amides is 1. The van der Waals surface area contributed by atoms with Crippen LogP contribution in [0.1, 0.15) is 33.3 Å². The van der Waals surface area contributed by atoms with Gasteiger partial charge >= 0.3 is 0 Å². The maximum Gasteiger partial charge on any atom is 0.291 e. The minimum Gasteiger partial charge on any atom is -0.484 e. The van der Waals surface area contributed by atoms with Gasteiger partial charge in [0.1, 0.15) is 29.0 Å². The Hall–Kier alpha value is -3.29. The number of nitrogens with one attached hydrogen (secondary N) is 1. The number of furan rings is 1. The van der Waals surface area contributed by atoms with Crippen molar-refractivity contribution in [1.29, 1.82) is 0 Å². The number of anilines is 1. The number of halogens is 3. The predicted octanol–water partition coefficient (Wildman–Crippen LogP) is 6.42. The monoisotopic (exact) mass is 487 g/mol. The van der Waals surface area contributed by atoms with E-state index in [1.165, 1.54) is 12.1 Å². The van der Waals surface area contributed by atoms with E-state index in [2.05, 4.69) is 10.4 Å². The molecule has 2 heterocycles. The van der Waals surface area contributed by atoms with Crippen molar-refractivity contribution in [2.24, 2.45) is 0 Å². The molecule has 0 saturated carbocycles. The molecule has 0 radical (unpaired) electrons. The van der Waals surface area contributed by atoms with Gasteiger partial charge in [-0.15, -0.1) is 0 Å². The Bertz CT molecular complexity index is 1300. The molecule has 33 heavy (non-hydrogen) atoms. The molecule has 0 bridgehead atoms. The van der Waals surface area contributed by atoms with Crippen molar-refractivity contribution in [3.8, 4) is 5.75 Å². The summed E-state index contributed by atoms with van der Waals surface area (Å²) < 4.78 is 26.2. The van der Waals surface area contributed by atoms with E-state index < -0.39 is 5.91 Å². The van der Waals surface area contributed by atoms with Gasteiger partial charge in [0, 0.05) is 0 Å². The maximum absolute atomic E-state index is 13.1. The molecule has 170 valence electrons. The minimum absolute atomic E-state index is 0.0843. The molecular weight excluding hydrogens is 468 g/mol. The van der Waals surface area contributed by atoms with Crippen molar-refractivity contribution in [1.82, 2.24) is 9.78 Å². The number of hydrogen-bond donors (Lipinski definition) is 1. The zero-order chi connectivity index (χ0) is 23.5. The van der Waals surface area contributed by atoms with Crippen LogP contribution in [0.25, 0.3) is 0 Å². The summed E-state index contributed by atoms with van der Waals surface area (Å²) in [6.45, 7) is 4.20. The Kier molecular flexibility index (Phi) is 6.72. The van der Waals surface area contributed by atoms with Crippen molar-refractivity contribution in [3.63, 3.8) is 0 Å². The van der Waals surface area contributed by atoms with Crippen molar-refractivity contribution in [3.05, 3.63) is 98.9 Å². The van der Waals surface area contributed by atoms with Gasteiger partial charge in [0.15, 0.2) is 5.76 Å². The first-order chi connectivity index (χ1) is 15.8. The van der Waals surface area contributed by atoms with Gasteiger partial charge in [-0.3, -0.25) is 9.48 Å². The molecular formula is C24H20Cl2FN3O3. The fourth-order valence-electron chi connectivity index (χ4n) is 3.29. The van der Waals surface area contributed by atoms with Crippen LogP contribution in [0.3, 0.4) is 0 Å². The highest BCUT2D eigenvalue weighted by Gasteiger charge is 2.18. The van der Waals surface area contributed by atoms with Gasteiger partial charge in [-0.25, -0.2) is 4.39 Å². The van der Waals surface area contributed by atoms with E-state index in [0.29, 0.717) is 39.5 Å². The Morgan fingerprint density at radius 3 is 2.64 bits per heavy atom. The number of hydrogen-bond acceptors (Lipinski definition) is 4. The largest absolute Gasteiger partial charge is 0.484 e. The van der Waals surface area contributed by atoms with Crippen LogP contribution in [0.4, 0.5) is 10.1 Å². The standard InChI is InChI=1S/C24H20Cl2FN3O3/c1-14-23(15(2)30(29-14)12-16-6-8-17(27)9-7-16)28-24(31)21-11-10-18(33-21)13-32-20-5-3-4-19(25)22(20)26/h3-11H,12-13H2,1-2H3,(H,28,31). The second kappa shape index (κ2) is 9.68. The third-order valence-corrected chi connectivity index (χ3v) is 5.84. The summed E-state index contributed by atoms with van der Waals surface area (Å²) in [5, 5.41) is 8.05. The smallest absolute Gasteiger partial charge is 0.291 e. The predicted molar refractivity (Wildman–Crippen MR) is 125 cm³/mol. The van der Waals surface area contributed by atoms with Crippen LogP contribution in [-0.4, -0.2) is 15.7 Å². The molecule has 2 aromatic carbocycles. The van der Waals surface area contributed by atoms with Crippen LogP contribution in [0.2, 0.25) is 10.0 Å². The zero-order valence-corrected chi connectivity index (χ0v) is 19.4. The maximum atomic E-state index is 13.1. The summed E-state index contributed by atoms with van der Waals surface area (Å²) in [5.41, 5.74) is 2.93. The third kappa shape index (κ3) is 5.21. The second-order valence-electron chi connectivity index (χ2n) is 7.39. The molecule has 6 nitrogen and oxygen atoms in total. The van der Waals surface area contributed by atoms with E-state index >= 15 is 0 Å². The lowest BCUT2D eigenvalue weighted by Crippen LogP contribution is -2.12. The number of aryl methyl sites for hydroxylation is 1. The van der Waals surface area contributed by atoms with Crippen molar-refractivity contribution in [2.75, 3.05) is 5.32 Å². The Morgan fingerprint density at radius 2 is 1.88 bits per heavy atom. The summed E-state index contributed by atoms with van der Waals surface area (Å²) >= 11 is 12.1. The first-order valence-electron chi connectivity index (χ1n) is 10.1. The van der Waals surface area contributed by atoms with Crippen molar-refractivity contribution < 1.29 is 18.3 Å². The number of carbonyl (C=O) groups excluding carboxylic acids is 1. The van der Waals surface area contributed by atoms with Gasteiger partial charge in [-0.2, -0.15) is 5.10 Å². The van der Waals surface area contributed by atoms with Gasteiger partial charge in [-0.1, -0.05) is 41.4 Å². The molecule has 0 fully saturated rings. The summed E-state index contributed by atoms with van der Waals surface area (Å²) in [6.07, 6.45) is 0. The SMILES string of the molecule is Cc1nn(Cc2ccc(F)cc2)c(C)c1NC(=O)c1ccc(COc2cccc(Cl)c2Cl)o1. The number of rotatable bonds is 7. The van der Waals surface area contributed by atoms with Gasteiger partial charge in [0.25, 0.3) is 5.91 Å². The van der Waals surface area contributed by atoms with E-state index in [-0.39, 0.29) is 18.2 Å². The molecule has 0 saturated heterocycles. The summed E-state index contributed by atoms with van der Waals surface area (Å²) in [6, 6.07) is 14.5. The van der Waals surface area contributed by atoms with Crippen LogP contribution >= 0.6 is 23.2 Å².